The van der Waals surface area contributed by atoms with Crippen LogP contribution in [0.3, 0.4) is 0 Å². The van der Waals surface area contributed by atoms with Crippen LogP contribution in [0.5, 0.6) is 0 Å². The van der Waals surface area contributed by atoms with Crippen molar-refractivity contribution in [2.24, 2.45) is 0 Å². The zero-order valence-electron chi connectivity index (χ0n) is 11.4. The minimum atomic E-state index is -4.59. The van der Waals surface area contributed by atoms with E-state index in [-0.39, 0.29) is 6.61 Å². The summed E-state index contributed by atoms with van der Waals surface area (Å²) in [5.74, 6) is -0.823. The minimum Gasteiger partial charge on any atom is -0.394 e. The smallest absolute Gasteiger partial charge is 0.394 e. The average Bonchev–Trinajstić information content (AvgIpc) is 2.44. The van der Waals surface area contributed by atoms with E-state index >= 15 is 0 Å². The van der Waals surface area contributed by atoms with Crippen molar-refractivity contribution in [1.29, 1.82) is 0 Å². The molecule has 20 heavy (non-hydrogen) atoms. The van der Waals surface area contributed by atoms with Crippen LogP contribution < -0.4 is 5.32 Å². The van der Waals surface area contributed by atoms with Crippen LogP contribution in [0.1, 0.15) is 42.6 Å². The van der Waals surface area contributed by atoms with Crippen LogP contribution in [0.15, 0.2) is 24.3 Å². The Labute approximate surface area is 115 Å². The van der Waals surface area contributed by atoms with Gasteiger partial charge in [0.1, 0.15) is 0 Å². The van der Waals surface area contributed by atoms with Crippen molar-refractivity contribution >= 4 is 5.91 Å². The summed E-state index contributed by atoms with van der Waals surface area (Å²) in [6.07, 6.45) is -3.73. The molecular formula is C14H18F3NO2. The third-order valence-electron chi connectivity index (χ3n) is 3.51. The van der Waals surface area contributed by atoms with E-state index in [0.29, 0.717) is 12.8 Å². The molecule has 0 radical (unpaired) electrons. The highest BCUT2D eigenvalue weighted by atomic mass is 19.4. The summed E-state index contributed by atoms with van der Waals surface area (Å²) in [4.78, 5) is 12.1. The molecule has 0 fully saturated rings. The lowest BCUT2D eigenvalue weighted by Gasteiger charge is -2.31. The second-order valence-electron chi connectivity index (χ2n) is 4.64. The SMILES string of the molecule is CCC(CC)(CO)NC(=O)c1ccccc1C(F)(F)F. The van der Waals surface area contributed by atoms with Gasteiger partial charge in [0.25, 0.3) is 5.91 Å². The second kappa shape index (κ2) is 6.26. The quantitative estimate of drug-likeness (QED) is 0.875. The third kappa shape index (κ3) is 3.50. The normalized spacial score (nSPS) is 12.3. The molecule has 3 nitrogen and oxygen atoms in total. The molecule has 0 aliphatic heterocycles. The molecule has 0 aromatic heterocycles. The summed E-state index contributed by atoms with van der Waals surface area (Å²) in [7, 11) is 0. The Morgan fingerprint density at radius 1 is 1.20 bits per heavy atom. The molecule has 1 rings (SSSR count). The Morgan fingerprint density at radius 2 is 1.75 bits per heavy atom. The van der Waals surface area contributed by atoms with E-state index in [1.165, 1.54) is 12.1 Å². The van der Waals surface area contributed by atoms with Crippen molar-refractivity contribution in [1.82, 2.24) is 5.32 Å². The van der Waals surface area contributed by atoms with Crippen molar-refractivity contribution in [3.05, 3.63) is 35.4 Å². The number of alkyl halides is 3. The topological polar surface area (TPSA) is 49.3 Å². The van der Waals surface area contributed by atoms with Gasteiger partial charge in [-0.3, -0.25) is 4.79 Å². The van der Waals surface area contributed by atoms with Gasteiger partial charge in [0.05, 0.1) is 23.3 Å². The molecule has 2 N–H and O–H groups in total. The predicted molar refractivity (Wildman–Crippen MR) is 69.3 cm³/mol. The molecule has 0 saturated heterocycles. The molecule has 0 saturated carbocycles. The van der Waals surface area contributed by atoms with Gasteiger partial charge in [-0.15, -0.1) is 0 Å². The fraction of sp³-hybridized carbons (Fsp3) is 0.500. The molecule has 0 aliphatic rings. The van der Waals surface area contributed by atoms with Crippen molar-refractivity contribution in [2.45, 2.75) is 38.4 Å². The lowest BCUT2D eigenvalue weighted by Crippen LogP contribution is -2.50. The number of carbonyl (C=O) groups is 1. The summed E-state index contributed by atoms with van der Waals surface area (Å²) in [6, 6.07) is 4.61. The number of hydrogen-bond donors (Lipinski definition) is 2. The molecular weight excluding hydrogens is 271 g/mol. The molecule has 1 aromatic carbocycles. The lowest BCUT2D eigenvalue weighted by molar-refractivity contribution is -0.138. The summed E-state index contributed by atoms with van der Waals surface area (Å²) >= 11 is 0. The maximum absolute atomic E-state index is 12.9. The Kier molecular flexibility index (Phi) is 5.16. The largest absolute Gasteiger partial charge is 0.417 e. The summed E-state index contributed by atoms with van der Waals surface area (Å²) in [6.45, 7) is 3.20. The maximum Gasteiger partial charge on any atom is 0.417 e. The van der Waals surface area contributed by atoms with Crippen LogP contribution >= 0.6 is 0 Å². The van der Waals surface area contributed by atoms with Gasteiger partial charge in [0, 0.05) is 0 Å². The van der Waals surface area contributed by atoms with Crippen molar-refractivity contribution in [2.75, 3.05) is 6.61 Å². The van der Waals surface area contributed by atoms with Crippen molar-refractivity contribution < 1.29 is 23.1 Å². The number of halogens is 3. The molecule has 112 valence electrons. The Bertz CT molecular complexity index is 459. The zero-order chi connectivity index (χ0) is 15.4. The fourth-order valence-corrected chi connectivity index (χ4v) is 1.93. The first-order valence-corrected chi connectivity index (χ1v) is 6.39. The number of amides is 1. The first-order chi connectivity index (χ1) is 9.29. The van der Waals surface area contributed by atoms with E-state index in [0.717, 1.165) is 12.1 Å². The minimum absolute atomic E-state index is 0.320. The molecule has 0 atom stereocenters. The highest BCUT2D eigenvalue weighted by Crippen LogP contribution is 2.32. The molecule has 0 bridgehead atoms. The van der Waals surface area contributed by atoms with Gasteiger partial charge in [0.2, 0.25) is 0 Å². The molecule has 0 heterocycles. The van der Waals surface area contributed by atoms with Crippen LogP contribution in [0.2, 0.25) is 0 Å². The highest BCUT2D eigenvalue weighted by molar-refractivity contribution is 5.96. The van der Waals surface area contributed by atoms with Gasteiger partial charge >= 0.3 is 6.18 Å². The molecule has 6 heteroatoms. The van der Waals surface area contributed by atoms with Crippen LogP contribution in [-0.4, -0.2) is 23.2 Å². The summed E-state index contributed by atoms with van der Waals surface area (Å²) < 4.78 is 38.6. The Morgan fingerprint density at radius 3 is 2.20 bits per heavy atom. The highest BCUT2D eigenvalue weighted by Gasteiger charge is 2.36. The number of nitrogens with one attached hydrogen (secondary N) is 1. The van der Waals surface area contributed by atoms with Gasteiger partial charge < -0.3 is 10.4 Å². The zero-order valence-corrected chi connectivity index (χ0v) is 11.4. The molecule has 1 aromatic rings. The number of aliphatic hydroxyl groups excluding tert-OH is 1. The number of benzene rings is 1. The first kappa shape index (κ1) is 16.5. The number of aliphatic hydroxyl groups is 1. The van der Waals surface area contributed by atoms with E-state index in [9.17, 15) is 23.1 Å². The van der Waals surface area contributed by atoms with Gasteiger partial charge in [-0.2, -0.15) is 13.2 Å². The van der Waals surface area contributed by atoms with Crippen LogP contribution in [0.25, 0.3) is 0 Å². The Balaban J connectivity index is 3.11. The van der Waals surface area contributed by atoms with Crippen molar-refractivity contribution in [3.8, 4) is 0 Å². The van der Waals surface area contributed by atoms with Gasteiger partial charge in [-0.05, 0) is 25.0 Å². The van der Waals surface area contributed by atoms with Crippen LogP contribution in [-0.2, 0) is 6.18 Å². The summed E-state index contributed by atoms with van der Waals surface area (Å²) in [5, 5.41) is 11.9. The fourth-order valence-electron chi connectivity index (χ4n) is 1.93. The standard InChI is InChI=1S/C14H18F3NO2/c1-3-13(4-2,9-19)18-12(20)10-7-5-6-8-11(10)14(15,16)17/h5-8,19H,3-4,9H2,1-2H3,(H,18,20). The van der Waals surface area contributed by atoms with E-state index in [1.807, 2.05) is 0 Å². The monoisotopic (exact) mass is 289 g/mol. The molecule has 1 amide bonds. The van der Waals surface area contributed by atoms with Crippen LogP contribution in [0, 0.1) is 0 Å². The van der Waals surface area contributed by atoms with Crippen LogP contribution in [0.4, 0.5) is 13.2 Å². The van der Waals surface area contributed by atoms with Crippen molar-refractivity contribution in [3.63, 3.8) is 0 Å². The average molecular weight is 289 g/mol. The number of carbonyl (C=O) groups excluding carboxylic acids is 1. The lowest BCUT2D eigenvalue weighted by atomic mass is 9.93. The molecule has 0 spiro atoms. The molecule has 0 unspecified atom stereocenters. The van der Waals surface area contributed by atoms with Gasteiger partial charge in [-0.1, -0.05) is 26.0 Å². The van der Waals surface area contributed by atoms with E-state index in [4.69, 9.17) is 0 Å². The number of hydrogen-bond acceptors (Lipinski definition) is 2. The van der Waals surface area contributed by atoms with Gasteiger partial charge in [-0.25, -0.2) is 0 Å². The van der Waals surface area contributed by atoms with Gasteiger partial charge in [0.15, 0.2) is 0 Å². The number of rotatable bonds is 5. The second-order valence-corrected chi connectivity index (χ2v) is 4.64. The third-order valence-corrected chi connectivity index (χ3v) is 3.51. The Hall–Kier alpha value is -1.56. The predicted octanol–water partition coefficient (Wildman–Crippen LogP) is 2.99. The summed E-state index contributed by atoms with van der Waals surface area (Å²) in [5.41, 5.74) is -2.30. The van der Waals surface area contributed by atoms with E-state index < -0.39 is 28.7 Å². The first-order valence-electron chi connectivity index (χ1n) is 6.39. The van der Waals surface area contributed by atoms with E-state index in [2.05, 4.69) is 5.32 Å². The van der Waals surface area contributed by atoms with E-state index in [1.54, 1.807) is 13.8 Å². The maximum atomic E-state index is 12.9. The molecule has 0 aliphatic carbocycles.